The van der Waals surface area contributed by atoms with Crippen molar-refractivity contribution in [1.29, 1.82) is 0 Å². The number of pyridine rings is 1. The largest absolute Gasteiger partial charge is 0.323 e. The highest BCUT2D eigenvalue weighted by Gasteiger charge is 2.15. The number of hydrogen-bond donors (Lipinski definition) is 2. The molecule has 2 aromatic heterocycles. The smallest absolute Gasteiger partial charge is 0.208 e. The minimum absolute atomic E-state index is 0.293. The number of rotatable bonds is 6. The van der Waals surface area contributed by atoms with Crippen LogP contribution in [0.15, 0.2) is 42.6 Å². The number of aromatic nitrogens is 3. The van der Waals surface area contributed by atoms with E-state index in [1.807, 2.05) is 27.1 Å². The SMILES string of the molecule is Cc1cnc(CNCc2cc3nc(Nc4c(Cl)cccc4Cl)n(C)c3cc2F)c(C)c1. The van der Waals surface area contributed by atoms with Crippen LogP contribution in [0.1, 0.15) is 22.4 Å². The van der Waals surface area contributed by atoms with Crippen LogP contribution in [0.5, 0.6) is 0 Å². The first-order valence-corrected chi connectivity index (χ1v) is 10.6. The molecule has 160 valence electrons. The Hall–Kier alpha value is -2.67. The van der Waals surface area contributed by atoms with Gasteiger partial charge in [-0.2, -0.15) is 0 Å². The van der Waals surface area contributed by atoms with E-state index in [2.05, 4.69) is 26.7 Å². The maximum atomic E-state index is 14.8. The van der Waals surface area contributed by atoms with Crippen molar-refractivity contribution < 1.29 is 4.39 Å². The van der Waals surface area contributed by atoms with Crippen LogP contribution in [-0.2, 0) is 20.1 Å². The van der Waals surface area contributed by atoms with E-state index in [0.717, 1.165) is 16.8 Å². The fourth-order valence-corrected chi connectivity index (χ4v) is 3.97. The van der Waals surface area contributed by atoms with Crippen molar-refractivity contribution in [2.45, 2.75) is 26.9 Å². The second-order valence-corrected chi connectivity index (χ2v) is 8.34. The van der Waals surface area contributed by atoms with E-state index in [9.17, 15) is 4.39 Å². The average molecular weight is 458 g/mol. The number of anilines is 2. The van der Waals surface area contributed by atoms with E-state index in [0.29, 0.717) is 51.4 Å². The number of hydrogen-bond acceptors (Lipinski definition) is 4. The molecular formula is C23H22Cl2FN5. The first kappa shape index (κ1) is 21.6. The molecule has 4 rings (SSSR count). The maximum Gasteiger partial charge on any atom is 0.208 e. The standard InChI is InChI=1S/C23H22Cl2FN5/c1-13-7-14(2)20(28-10-13)12-27-11-15-8-19-21(9-18(15)26)31(3)23(29-19)30-22-16(24)5-4-6-17(22)25/h4-10,27H,11-12H2,1-3H3,(H,29,30). The highest BCUT2D eigenvalue weighted by Crippen LogP contribution is 2.33. The van der Waals surface area contributed by atoms with Gasteiger partial charge in [-0.15, -0.1) is 0 Å². The van der Waals surface area contributed by atoms with Crippen molar-refractivity contribution in [3.8, 4) is 0 Å². The molecule has 5 nitrogen and oxygen atoms in total. The van der Waals surface area contributed by atoms with Gasteiger partial charge in [0.15, 0.2) is 0 Å². The van der Waals surface area contributed by atoms with Crippen molar-refractivity contribution in [2.24, 2.45) is 7.05 Å². The second kappa shape index (κ2) is 8.83. The van der Waals surface area contributed by atoms with Gasteiger partial charge in [0.1, 0.15) is 5.82 Å². The normalized spacial score (nSPS) is 11.3. The summed E-state index contributed by atoms with van der Waals surface area (Å²) in [5.74, 6) is 0.230. The minimum atomic E-state index is -0.293. The fraction of sp³-hybridized carbons (Fsp3) is 0.217. The molecule has 0 aliphatic carbocycles. The number of nitrogens with one attached hydrogen (secondary N) is 2. The van der Waals surface area contributed by atoms with Gasteiger partial charge in [0.25, 0.3) is 0 Å². The Labute approximate surface area is 190 Å². The monoisotopic (exact) mass is 457 g/mol. The molecule has 31 heavy (non-hydrogen) atoms. The molecular weight excluding hydrogens is 436 g/mol. The van der Waals surface area contributed by atoms with Gasteiger partial charge >= 0.3 is 0 Å². The molecule has 2 aromatic carbocycles. The molecule has 0 unspecified atom stereocenters. The molecule has 0 saturated carbocycles. The zero-order chi connectivity index (χ0) is 22.1. The number of para-hydroxylation sites is 1. The predicted molar refractivity (Wildman–Crippen MR) is 125 cm³/mol. The Morgan fingerprint density at radius 1 is 1.06 bits per heavy atom. The van der Waals surface area contributed by atoms with E-state index < -0.39 is 0 Å². The number of fused-ring (bicyclic) bond motifs is 1. The molecule has 0 saturated heterocycles. The summed E-state index contributed by atoms with van der Waals surface area (Å²) in [6, 6.07) is 10.6. The Morgan fingerprint density at radius 3 is 2.52 bits per heavy atom. The summed E-state index contributed by atoms with van der Waals surface area (Å²) in [5, 5.41) is 7.39. The van der Waals surface area contributed by atoms with Crippen LogP contribution < -0.4 is 10.6 Å². The second-order valence-electron chi connectivity index (χ2n) is 7.53. The van der Waals surface area contributed by atoms with Crippen LogP contribution in [0.3, 0.4) is 0 Å². The van der Waals surface area contributed by atoms with Crippen molar-refractivity contribution in [1.82, 2.24) is 19.9 Å². The van der Waals surface area contributed by atoms with Gasteiger partial charge in [-0.25, -0.2) is 9.37 Å². The van der Waals surface area contributed by atoms with Crippen LogP contribution in [-0.4, -0.2) is 14.5 Å². The van der Waals surface area contributed by atoms with E-state index in [1.165, 1.54) is 6.07 Å². The highest BCUT2D eigenvalue weighted by molar-refractivity contribution is 6.39. The van der Waals surface area contributed by atoms with E-state index in [-0.39, 0.29) is 5.82 Å². The molecule has 0 radical (unpaired) electrons. The summed E-state index contributed by atoms with van der Waals surface area (Å²) in [6.45, 7) is 4.96. The summed E-state index contributed by atoms with van der Waals surface area (Å²) in [6.07, 6.45) is 1.84. The lowest BCUT2D eigenvalue weighted by Gasteiger charge is -2.10. The summed E-state index contributed by atoms with van der Waals surface area (Å²) in [5.41, 5.74) is 5.63. The average Bonchev–Trinajstić information content (AvgIpc) is 3.01. The maximum absolute atomic E-state index is 14.8. The number of nitrogens with zero attached hydrogens (tertiary/aromatic N) is 3. The molecule has 0 aliphatic heterocycles. The van der Waals surface area contributed by atoms with Gasteiger partial charge in [0.05, 0.1) is 32.5 Å². The molecule has 2 N–H and O–H groups in total. The highest BCUT2D eigenvalue weighted by atomic mass is 35.5. The van der Waals surface area contributed by atoms with Gasteiger partial charge in [0, 0.05) is 38.0 Å². The van der Waals surface area contributed by atoms with Crippen molar-refractivity contribution in [3.05, 3.63) is 80.8 Å². The third kappa shape index (κ3) is 4.51. The quantitative estimate of drug-likeness (QED) is 0.369. The van der Waals surface area contributed by atoms with Crippen LogP contribution in [0.4, 0.5) is 16.0 Å². The van der Waals surface area contributed by atoms with Gasteiger partial charge in [0.2, 0.25) is 5.95 Å². The zero-order valence-electron chi connectivity index (χ0n) is 17.4. The molecule has 0 fully saturated rings. The Bertz CT molecular complexity index is 1250. The molecule has 0 atom stereocenters. The van der Waals surface area contributed by atoms with Gasteiger partial charge < -0.3 is 15.2 Å². The third-order valence-electron chi connectivity index (χ3n) is 5.18. The van der Waals surface area contributed by atoms with E-state index in [1.54, 1.807) is 28.8 Å². The van der Waals surface area contributed by atoms with Crippen molar-refractivity contribution >= 4 is 45.9 Å². The number of benzene rings is 2. The Kier molecular flexibility index (Phi) is 6.14. The molecule has 0 aliphatic rings. The van der Waals surface area contributed by atoms with Crippen LogP contribution in [0.25, 0.3) is 11.0 Å². The topological polar surface area (TPSA) is 54.8 Å². The summed E-state index contributed by atoms with van der Waals surface area (Å²) in [7, 11) is 1.81. The van der Waals surface area contributed by atoms with E-state index in [4.69, 9.17) is 23.2 Å². The molecule has 4 aromatic rings. The third-order valence-corrected chi connectivity index (χ3v) is 5.81. The summed E-state index contributed by atoms with van der Waals surface area (Å²) >= 11 is 12.5. The Morgan fingerprint density at radius 2 is 1.81 bits per heavy atom. The van der Waals surface area contributed by atoms with E-state index >= 15 is 0 Å². The number of aryl methyl sites for hydroxylation is 3. The predicted octanol–water partition coefficient (Wildman–Crippen LogP) is 6.06. The van der Waals surface area contributed by atoms with Crippen LogP contribution >= 0.6 is 23.2 Å². The zero-order valence-corrected chi connectivity index (χ0v) is 18.9. The lowest BCUT2D eigenvalue weighted by Crippen LogP contribution is -2.15. The first-order valence-electron chi connectivity index (χ1n) is 9.82. The first-order chi connectivity index (χ1) is 14.8. The lowest BCUT2D eigenvalue weighted by atomic mass is 10.1. The molecule has 8 heteroatoms. The summed E-state index contributed by atoms with van der Waals surface area (Å²) < 4.78 is 16.5. The van der Waals surface area contributed by atoms with Crippen molar-refractivity contribution in [2.75, 3.05) is 5.32 Å². The lowest BCUT2D eigenvalue weighted by molar-refractivity contribution is 0.586. The Balaban J connectivity index is 1.55. The number of imidazole rings is 1. The molecule has 0 amide bonds. The van der Waals surface area contributed by atoms with Crippen LogP contribution in [0, 0.1) is 19.7 Å². The number of halogens is 3. The van der Waals surface area contributed by atoms with Gasteiger partial charge in [-0.05, 0) is 43.2 Å². The van der Waals surface area contributed by atoms with Gasteiger partial charge in [-0.3, -0.25) is 4.98 Å². The van der Waals surface area contributed by atoms with Crippen molar-refractivity contribution in [3.63, 3.8) is 0 Å². The molecule has 0 spiro atoms. The molecule has 0 bridgehead atoms. The van der Waals surface area contributed by atoms with Crippen LogP contribution in [0.2, 0.25) is 10.0 Å². The minimum Gasteiger partial charge on any atom is -0.323 e. The van der Waals surface area contributed by atoms with Gasteiger partial charge in [-0.1, -0.05) is 35.3 Å². The fourth-order valence-electron chi connectivity index (χ4n) is 3.48. The summed E-state index contributed by atoms with van der Waals surface area (Å²) in [4.78, 5) is 9.06. The molecule has 2 heterocycles.